The largest absolute Gasteiger partial charge is 0.496 e. The zero-order valence-electron chi connectivity index (χ0n) is 9.78. The SMILES string of the molecule is CCCC(=O)Oc1cc(OC)cc(OC)c1. The summed E-state index contributed by atoms with van der Waals surface area (Å²) in [6, 6.07) is 5.02. The van der Waals surface area contributed by atoms with Gasteiger partial charge in [-0.15, -0.1) is 0 Å². The molecule has 0 radical (unpaired) electrons. The summed E-state index contributed by atoms with van der Waals surface area (Å²) in [6.07, 6.45) is 1.17. The van der Waals surface area contributed by atoms with Crippen molar-refractivity contribution in [3.05, 3.63) is 18.2 Å². The Bertz CT molecular complexity index is 338. The van der Waals surface area contributed by atoms with Crippen molar-refractivity contribution in [2.45, 2.75) is 19.8 Å². The van der Waals surface area contributed by atoms with E-state index in [0.717, 1.165) is 6.42 Å². The van der Waals surface area contributed by atoms with Crippen LogP contribution in [-0.2, 0) is 4.79 Å². The maximum atomic E-state index is 11.3. The molecule has 16 heavy (non-hydrogen) atoms. The van der Waals surface area contributed by atoms with Gasteiger partial charge in [-0.1, -0.05) is 6.92 Å². The highest BCUT2D eigenvalue weighted by Gasteiger charge is 2.07. The second-order valence-electron chi connectivity index (χ2n) is 3.27. The molecule has 0 amide bonds. The van der Waals surface area contributed by atoms with Gasteiger partial charge in [0.2, 0.25) is 0 Å². The van der Waals surface area contributed by atoms with Gasteiger partial charge in [-0.3, -0.25) is 4.79 Å². The average Bonchev–Trinajstić information content (AvgIpc) is 2.28. The van der Waals surface area contributed by atoms with Gasteiger partial charge in [0.25, 0.3) is 0 Å². The van der Waals surface area contributed by atoms with Crippen LogP contribution in [0.15, 0.2) is 18.2 Å². The summed E-state index contributed by atoms with van der Waals surface area (Å²) >= 11 is 0. The van der Waals surface area contributed by atoms with E-state index in [2.05, 4.69) is 0 Å². The number of rotatable bonds is 5. The van der Waals surface area contributed by atoms with Crippen LogP contribution in [0.5, 0.6) is 17.2 Å². The molecule has 0 aliphatic rings. The first-order chi connectivity index (χ1) is 7.69. The van der Waals surface area contributed by atoms with Gasteiger partial charge in [0.1, 0.15) is 17.2 Å². The number of carbonyl (C=O) groups is 1. The summed E-state index contributed by atoms with van der Waals surface area (Å²) < 4.78 is 15.3. The lowest BCUT2D eigenvalue weighted by molar-refractivity contribution is -0.134. The van der Waals surface area contributed by atoms with E-state index in [1.54, 1.807) is 32.4 Å². The molecular formula is C12H16O4. The molecule has 4 heteroatoms. The van der Waals surface area contributed by atoms with Gasteiger partial charge in [0.05, 0.1) is 14.2 Å². The summed E-state index contributed by atoms with van der Waals surface area (Å²) in [4.78, 5) is 11.3. The smallest absolute Gasteiger partial charge is 0.311 e. The molecule has 1 aromatic carbocycles. The fourth-order valence-electron chi connectivity index (χ4n) is 1.23. The van der Waals surface area contributed by atoms with Crippen molar-refractivity contribution in [2.24, 2.45) is 0 Å². The van der Waals surface area contributed by atoms with Crippen LogP contribution in [0.2, 0.25) is 0 Å². The van der Waals surface area contributed by atoms with Crippen molar-refractivity contribution in [3.8, 4) is 17.2 Å². The highest BCUT2D eigenvalue weighted by molar-refractivity contribution is 5.72. The lowest BCUT2D eigenvalue weighted by Crippen LogP contribution is -2.07. The first-order valence-corrected chi connectivity index (χ1v) is 5.13. The third-order valence-electron chi connectivity index (χ3n) is 2.01. The molecule has 0 saturated carbocycles. The predicted molar refractivity (Wildman–Crippen MR) is 60.1 cm³/mol. The van der Waals surface area contributed by atoms with E-state index in [9.17, 15) is 4.79 Å². The van der Waals surface area contributed by atoms with Crippen molar-refractivity contribution >= 4 is 5.97 Å². The van der Waals surface area contributed by atoms with Gasteiger partial charge in [-0.05, 0) is 6.42 Å². The highest BCUT2D eigenvalue weighted by Crippen LogP contribution is 2.27. The molecule has 0 N–H and O–H groups in total. The summed E-state index contributed by atoms with van der Waals surface area (Å²) in [6.45, 7) is 1.92. The normalized spacial score (nSPS) is 9.69. The summed E-state index contributed by atoms with van der Waals surface area (Å²) in [5.74, 6) is 1.38. The zero-order valence-corrected chi connectivity index (χ0v) is 9.78. The second kappa shape index (κ2) is 6.00. The molecule has 0 heterocycles. The minimum absolute atomic E-state index is 0.252. The Hall–Kier alpha value is -1.71. The molecule has 0 aromatic heterocycles. The molecule has 88 valence electrons. The van der Waals surface area contributed by atoms with Gasteiger partial charge >= 0.3 is 5.97 Å². The number of carbonyl (C=O) groups excluding carboxylic acids is 1. The van der Waals surface area contributed by atoms with Gasteiger partial charge in [-0.2, -0.15) is 0 Å². The molecule has 0 unspecified atom stereocenters. The van der Waals surface area contributed by atoms with Crippen LogP contribution < -0.4 is 14.2 Å². The van der Waals surface area contributed by atoms with E-state index < -0.39 is 0 Å². The summed E-state index contributed by atoms with van der Waals surface area (Å²) in [5.41, 5.74) is 0. The molecule has 0 fully saturated rings. The Labute approximate surface area is 95.1 Å². The Kier molecular flexibility index (Phi) is 4.64. The maximum absolute atomic E-state index is 11.3. The molecule has 1 aromatic rings. The molecule has 0 aliphatic heterocycles. The summed E-state index contributed by atoms with van der Waals surface area (Å²) in [5, 5.41) is 0. The van der Waals surface area contributed by atoms with Crippen LogP contribution in [0.1, 0.15) is 19.8 Å². The number of hydrogen-bond acceptors (Lipinski definition) is 4. The molecule has 0 bridgehead atoms. The minimum Gasteiger partial charge on any atom is -0.496 e. The standard InChI is InChI=1S/C12H16O4/c1-4-5-12(13)16-11-7-9(14-2)6-10(8-11)15-3/h6-8H,4-5H2,1-3H3. The van der Waals surface area contributed by atoms with Crippen LogP contribution in [0.4, 0.5) is 0 Å². The number of benzene rings is 1. The third kappa shape index (κ3) is 3.46. The van der Waals surface area contributed by atoms with Gasteiger partial charge in [-0.25, -0.2) is 0 Å². The fourth-order valence-corrected chi connectivity index (χ4v) is 1.23. The van der Waals surface area contributed by atoms with E-state index in [1.165, 1.54) is 0 Å². The maximum Gasteiger partial charge on any atom is 0.311 e. The molecule has 4 nitrogen and oxygen atoms in total. The monoisotopic (exact) mass is 224 g/mol. The van der Waals surface area contributed by atoms with Gasteiger partial charge in [0, 0.05) is 24.6 Å². The van der Waals surface area contributed by atoms with E-state index >= 15 is 0 Å². The Balaban J connectivity index is 2.82. The van der Waals surface area contributed by atoms with Crippen molar-refractivity contribution in [1.82, 2.24) is 0 Å². The van der Waals surface area contributed by atoms with Crippen molar-refractivity contribution in [1.29, 1.82) is 0 Å². The Morgan fingerprint density at radius 2 is 1.56 bits per heavy atom. The molecule has 0 atom stereocenters. The quantitative estimate of drug-likeness (QED) is 0.569. The van der Waals surface area contributed by atoms with Crippen LogP contribution in [-0.4, -0.2) is 20.2 Å². The van der Waals surface area contributed by atoms with E-state index in [0.29, 0.717) is 23.7 Å². The lowest BCUT2D eigenvalue weighted by atomic mass is 10.3. The molecule has 0 aliphatic carbocycles. The predicted octanol–water partition coefficient (Wildman–Crippen LogP) is 2.41. The average molecular weight is 224 g/mol. The molecule has 0 saturated heterocycles. The lowest BCUT2D eigenvalue weighted by Gasteiger charge is -2.08. The minimum atomic E-state index is -0.252. The van der Waals surface area contributed by atoms with E-state index in [1.807, 2.05) is 6.92 Å². The third-order valence-corrected chi connectivity index (χ3v) is 2.01. The topological polar surface area (TPSA) is 44.8 Å². The fraction of sp³-hybridized carbons (Fsp3) is 0.417. The molecule has 1 rings (SSSR count). The van der Waals surface area contributed by atoms with E-state index in [4.69, 9.17) is 14.2 Å². The van der Waals surface area contributed by atoms with Crippen molar-refractivity contribution < 1.29 is 19.0 Å². The van der Waals surface area contributed by atoms with Crippen LogP contribution in [0, 0.1) is 0 Å². The Morgan fingerprint density at radius 1 is 1.06 bits per heavy atom. The number of hydrogen-bond donors (Lipinski definition) is 0. The second-order valence-corrected chi connectivity index (χ2v) is 3.27. The van der Waals surface area contributed by atoms with Gasteiger partial charge in [0.15, 0.2) is 0 Å². The number of methoxy groups -OCH3 is 2. The Morgan fingerprint density at radius 3 is 2.00 bits per heavy atom. The van der Waals surface area contributed by atoms with Crippen LogP contribution >= 0.6 is 0 Å². The van der Waals surface area contributed by atoms with E-state index in [-0.39, 0.29) is 5.97 Å². The first-order valence-electron chi connectivity index (χ1n) is 5.13. The van der Waals surface area contributed by atoms with Crippen molar-refractivity contribution in [3.63, 3.8) is 0 Å². The van der Waals surface area contributed by atoms with Crippen LogP contribution in [0.3, 0.4) is 0 Å². The molecule has 0 spiro atoms. The first kappa shape index (κ1) is 12.4. The zero-order chi connectivity index (χ0) is 12.0. The number of esters is 1. The highest BCUT2D eigenvalue weighted by atomic mass is 16.5. The van der Waals surface area contributed by atoms with Crippen molar-refractivity contribution in [2.75, 3.05) is 14.2 Å². The summed E-state index contributed by atoms with van der Waals surface area (Å²) in [7, 11) is 3.10. The van der Waals surface area contributed by atoms with Crippen LogP contribution in [0.25, 0.3) is 0 Å². The van der Waals surface area contributed by atoms with Gasteiger partial charge < -0.3 is 14.2 Å². The molecular weight excluding hydrogens is 208 g/mol. The number of ether oxygens (including phenoxy) is 3.